The van der Waals surface area contributed by atoms with E-state index < -0.39 is 0 Å². The molecule has 0 atom stereocenters. The second-order valence-corrected chi connectivity index (χ2v) is 5.98. The average Bonchev–Trinajstić information content (AvgIpc) is 2.61. The fourth-order valence-corrected chi connectivity index (χ4v) is 2.28. The van der Waals surface area contributed by atoms with Crippen molar-refractivity contribution < 1.29 is 14.3 Å². The molecule has 0 aromatic heterocycles. The van der Waals surface area contributed by atoms with Crippen LogP contribution in [-0.2, 0) is 9.53 Å². The highest BCUT2D eigenvalue weighted by Crippen LogP contribution is 2.17. The number of rotatable bonds is 7. The molecule has 25 heavy (non-hydrogen) atoms. The molecule has 0 saturated carbocycles. The Bertz CT molecular complexity index is 707. The Labute approximate surface area is 148 Å². The third-order valence-corrected chi connectivity index (χ3v) is 3.71. The zero-order valence-corrected chi connectivity index (χ0v) is 14.8. The molecule has 0 saturated heterocycles. The normalized spacial score (nSPS) is 10.4. The van der Waals surface area contributed by atoms with E-state index in [0.717, 1.165) is 5.69 Å². The first-order valence-corrected chi connectivity index (χ1v) is 8.40. The predicted octanol–water partition coefficient (Wildman–Crippen LogP) is 4.04. The lowest BCUT2D eigenvalue weighted by Gasteiger charge is -2.10. The minimum atomic E-state index is -0.369. The van der Waals surface area contributed by atoms with Gasteiger partial charge in [0.15, 0.2) is 0 Å². The number of nitrogens with one attached hydrogen (secondary N) is 2. The molecule has 5 heteroatoms. The first-order valence-electron chi connectivity index (χ1n) is 8.40. The van der Waals surface area contributed by atoms with Crippen LogP contribution < -0.4 is 10.6 Å². The summed E-state index contributed by atoms with van der Waals surface area (Å²) in [5, 5.41) is 5.88. The van der Waals surface area contributed by atoms with E-state index in [0.29, 0.717) is 23.8 Å². The third-order valence-electron chi connectivity index (χ3n) is 3.71. The van der Waals surface area contributed by atoms with Crippen LogP contribution in [0.4, 0.5) is 11.4 Å². The zero-order valence-electron chi connectivity index (χ0n) is 14.8. The lowest BCUT2D eigenvalue weighted by Crippen LogP contribution is -2.21. The number of ether oxygens (including phenoxy) is 1. The van der Waals surface area contributed by atoms with Gasteiger partial charge in [-0.05, 0) is 54.8 Å². The number of carbonyl (C=O) groups is 2. The van der Waals surface area contributed by atoms with Crippen molar-refractivity contribution in [2.75, 3.05) is 23.8 Å². The number of hydrogen-bond acceptors (Lipinski definition) is 4. The maximum atomic E-state index is 12.0. The van der Waals surface area contributed by atoms with E-state index in [4.69, 9.17) is 4.74 Å². The molecule has 0 bridgehead atoms. The molecule has 0 fully saturated rings. The van der Waals surface area contributed by atoms with Gasteiger partial charge in [-0.15, -0.1) is 0 Å². The van der Waals surface area contributed by atoms with E-state index in [1.807, 2.05) is 12.1 Å². The first kappa shape index (κ1) is 18.5. The van der Waals surface area contributed by atoms with Crippen molar-refractivity contribution >= 4 is 23.3 Å². The number of amides is 1. The maximum Gasteiger partial charge on any atom is 0.338 e. The highest BCUT2D eigenvalue weighted by atomic mass is 16.5. The lowest BCUT2D eigenvalue weighted by atomic mass is 10.0. The monoisotopic (exact) mass is 340 g/mol. The Morgan fingerprint density at radius 2 is 1.56 bits per heavy atom. The average molecular weight is 340 g/mol. The van der Waals surface area contributed by atoms with Crippen molar-refractivity contribution in [3.05, 3.63) is 59.7 Å². The van der Waals surface area contributed by atoms with Crippen LogP contribution in [0.5, 0.6) is 0 Å². The van der Waals surface area contributed by atoms with Gasteiger partial charge in [0, 0.05) is 11.4 Å². The molecular formula is C20H24N2O3. The van der Waals surface area contributed by atoms with E-state index in [1.54, 1.807) is 31.2 Å². The van der Waals surface area contributed by atoms with Crippen LogP contribution in [-0.4, -0.2) is 25.0 Å². The van der Waals surface area contributed by atoms with Crippen LogP contribution in [0.25, 0.3) is 0 Å². The molecule has 132 valence electrons. The summed E-state index contributed by atoms with van der Waals surface area (Å²) < 4.78 is 4.92. The van der Waals surface area contributed by atoms with Gasteiger partial charge in [-0.1, -0.05) is 26.0 Å². The molecule has 0 heterocycles. The van der Waals surface area contributed by atoms with Crippen LogP contribution in [0.2, 0.25) is 0 Å². The Hall–Kier alpha value is -2.82. The van der Waals surface area contributed by atoms with Gasteiger partial charge >= 0.3 is 5.97 Å². The van der Waals surface area contributed by atoms with E-state index in [1.165, 1.54) is 5.56 Å². The van der Waals surface area contributed by atoms with Gasteiger partial charge < -0.3 is 15.4 Å². The Morgan fingerprint density at radius 3 is 2.12 bits per heavy atom. The summed E-state index contributed by atoms with van der Waals surface area (Å²) in [4.78, 5) is 23.6. The summed E-state index contributed by atoms with van der Waals surface area (Å²) in [6.07, 6.45) is 0. The van der Waals surface area contributed by atoms with Gasteiger partial charge in [0.1, 0.15) is 0 Å². The summed E-state index contributed by atoms with van der Waals surface area (Å²) >= 11 is 0. The topological polar surface area (TPSA) is 67.4 Å². The molecule has 0 spiro atoms. The summed E-state index contributed by atoms with van der Waals surface area (Å²) in [5.74, 6) is -0.0429. The number of benzene rings is 2. The SMILES string of the molecule is CCOC(=O)c1ccc(NC(=O)CNc2ccc(C(C)C)cc2)cc1. The number of hydrogen-bond donors (Lipinski definition) is 2. The molecule has 0 aliphatic carbocycles. The molecule has 2 rings (SSSR count). The van der Waals surface area contributed by atoms with Crippen molar-refractivity contribution in [1.82, 2.24) is 0 Å². The van der Waals surface area contributed by atoms with Crippen molar-refractivity contribution in [3.8, 4) is 0 Å². The largest absolute Gasteiger partial charge is 0.462 e. The first-order chi connectivity index (χ1) is 12.0. The van der Waals surface area contributed by atoms with E-state index in [9.17, 15) is 9.59 Å². The van der Waals surface area contributed by atoms with Gasteiger partial charge in [0.25, 0.3) is 0 Å². The van der Waals surface area contributed by atoms with E-state index in [-0.39, 0.29) is 18.4 Å². The fraction of sp³-hybridized carbons (Fsp3) is 0.300. The van der Waals surface area contributed by atoms with Crippen LogP contribution >= 0.6 is 0 Å². The van der Waals surface area contributed by atoms with Gasteiger partial charge in [0.2, 0.25) is 5.91 Å². The molecule has 5 nitrogen and oxygen atoms in total. The molecule has 2 aromatic carbocycles. The van der Waals surface area contributed by atoms with Crippen molar-refractivity contribution in [1.29, 1.82) is 0 Å². The minimum Gasteiger partial charge on any atom is -0.462 e. The van der Waals surface area contributed by atoms with Crippen LogP contribution in [0, 0.1) is 0 Å². The molecule has 0 radical (unpaired) electrons. The Balaban J connectivity index is 1.84. The van der Waals surface area contributed by atoms with E-state index in [2.05, 4.69) is 36.6 Å². The smallest absolute Gasteiger partial charge is 0.338 e. The minimum absolute atomic E-state index is 0.156. The van der Waals surface area contributed by atoms with Crippen LogP contribution in [0.3, 0.4) is 0 Å². The standard InChI is InChI=1S/C20H24N2O3/c1-4-25-20(24)16-7-11-18(12-8-16)22-19(23)13-21-17-9-5-15(6-10-17)14(2)3/h5-12,14,21H,4,13H2,1-3H3,(H,22,23). The van der Waals surface area contributed by atoms with Crippen LogP contribution in [0.15, 0.2) is 48.5 Å². The summed E-state index contributed by atoms with van der Waals surface area (Å²) in [6, 6.07) is 14.7. The molecule has 0 aliphatic rings. The van der Waals surface area contributed by atoms with Gasteiger partial charge in [0.05, 0.1) is 18.7 Å². The van der Waals surface area contributed by atoms with Crippen LogP contribution in [0.1, 0.15) is 42.6 Å². The van der Waals surface area contributed by atoms with Crippen molar-refractivity contribution in [2.24, 2.45) is 0 Å². The molecule has 1 amide bonds. The number of esters is 1. The number of carbonyl (C=O) groups excluding carboxylic acids is 2. The highest BCUT2D eigenvalue weighted by Gasteiger charge is 2.07. The van der Waals surface area contributed by atoms with Gasteiger partial charge in [-0.3, -0.25) is 4.79 Å². The van der Waals surface area contributed by atoms with Crippen molar-refractivity contribution in [3.63, 3.8) is 0 Å². The number of anilines is 2. The maximum absolute atomic E-state index is 12.0. The molecule has 0 aliphatic heterocycles. The summed E-state index contributed by atoms with van der Waals surface area (Å²) in [7, 11) is 0. The lowest BCUT2D eigenvalue weighted by molar-refractivity contribution is -0.114. The van der Waals surface area contributed by atoms with E-state index >= 15 is 0 Å². The van der Waals surface area contributed by atoms with Crippen molar-refractivity contribution in [2.45, 2.75) is 26.7 Å². The zero-order chi connectivity index (χ0) is 18.2. The summed E-state index contributed by atoms with van der Waals surface area (Å²) in [6.45, 7) is 6.55. The molecular weight excluding hydrogens is 316 g/mol. The molecule has 0 unspecified atom stereocenters. The second kappa shape index (κ2) is 8.87. The molecule has 2 N–H and O–H groups in total. The highest BCUT2D eigenvalue weighted by molar-refractivity contribution is 5.95. The quantitative estimate of drug-likeness (QED) is 0.747. The van der Waals surface area contributed by atoms with Gasteiger partial charge in [-0.2, -0.15) is 0 Å². The summed E-state index contributed by atoms with van der Waals surface area (Å²) in [5.41, 5.74) is 3.26. The Kier molecular flexibility index (Phi) is 6.57. The second-order valence-electron chi connectivity index (χ2n) is 5.98. The fourth-order valence-electron chi connectivity index (χ4n) is 2.28. The third kappa shape index (κ3) is 5.64. The Morgan fingerprint density at radius 1 is 0.960 bits per heavy atom. The molecule has 2 aromatic rings. The van der Waals surface area contributed by atoms with Gasteiger partial charge in [-0.25, -0.2) is 4.79 Å². The predicted molar refractivity (Wildman–Crippen MR) is 100 cm³/mol.